The summed E-state index contributed by atoms with van der Waals surface area (Å²) in [7, 11) is -3.61. The van der Waals surface area contributed by atoms with Gasteiger partial charge in [-0.25, -0.2) is 8.42 Å². The first kappa shape index (κ1) is 14.5. The maximum absolute atomic E-state index is 11.8. The molecule has 0 saturated heterocycles. The first-order chi connectivity index (χ1) is 9.29. The topological polar surface area (TPSA) is 95.2 Å². The summed E-state index contributed by atoms with van der Waals surface area (Å²) in [5.74, 6) is -2.18. The summed E-state index contributed by atoms with van der Waals surface area (Å²) in [5.41, 5.74) is -0.203. The summed E-state index contributed by atoms with van der Waals surface area (Å²) in [6.45, 7) is 1.99. The van der Waals surface area contributed by atoms with Gasteiger partial charge in [-0.05, 0) is 17.5 Å². The largest absolute Gasteiger partial charge is 0.480 e. The molecule has 0 heterocycles. The van der Waals surface area contributed by atoms with Gasteiger partial charge in [-0.2, -0.15) is 5.26 Å². The molecule has 0 amide bonds. The van der Waals surface area contributed by atoms with Crippen LogP contribution in [0.2, 0.25) is 0 Å². The highest BCUT2D eigenvalue weighted by molar-refractivity contribution is 7.91. The molecular weight excluding hydrogens is 278 g/mol. The SMILES string of the molecule is CCc1ccc([C@@H]2[C@@H](S(C)(=O)=O)[C@]2(C#N)C(=O)O)cc1. The minimum atomic E-state index is -3.61. The molecule has 2 rings (SSSR count). The summed E-state index contributed by atoms with van der Waals surface area (Å²) >= 11 is 0. The van der Waals surface area contributed by atoms with Crippen molar-refractivity contribution >= 4 is 15.8 Å². The van der Waals surface area contributed by atoms with E-state index < -0.39 is 32.4 Å². The lowest BCUT2D eigenvalue weighted by atomic mass is 9.99. The second-order valence-electron chi connectivity index (χ2n) is 5.11. The van der Waals surface area contributed by atoms with Gasteiger partial charge in [0.05, 0.1) is 6.07 Å². The van der Waals surface area contributed by atoms with Crippen LogP contribution >= 0.6 is 0 Å². The fraction of sp³-hybridized carbons (Fsp3) is 0.429. The van der Waals surface area contributed by atoms with E-state index >= 15 is 0 Å². The van der Waals surface area contributed by atoms with Crippen LogP contribution in [0.15, 0.2) is 24.3 Å². The lowest BCUT2D eigenvalue weighted by Crippen LogP contribution is -2.21. The van der Waals surface area contributed by atoms with Crippen molar-refractivity contribution in [3.63, 3.8) is 0 Å². The highest BCUT2D eigenvalue weighted by Gasteiger charge is 2.76. The van der Waals surface area contributed by atoms with Crippen molar-refractivity contribution in [2.75, 3.05) is 6.26 Å². The Morgan fingerprint density at radius 3 is 2.25 bits per heavy atom. The molecule has 20 heavy (non-hydrogen) atoms. The van der Waals surface area contributed by atoms with Crippen LogP contribution in [0.3, 0.4) is 0 Å². The Bertz CT molecular complexity index is 687. The second-order valence-corrected chi connectivity index (χ2v) is 7.28. The van der Waals surface area contributed by atoms with Crippen LogP contribution in [-0.2, 0) is 21.1 Å². The molecule has 0 spiro atoms. The molecule has 0 aliphatic heterocycles. The monoisotopic (exact) mass is 293 g/mol. The molecule has 106 valence electrons. The third kappa shape index (κ3) is 1.98. The molecule has 0 unspecified atom stereocenters. The van der Waals surface area contributed by atoms with Crippen molar-refractivity contribution in [3.8, 4) is 6.07 Å². The molecule has 1 saturated carbocycles. The van der Waals surface area contributed by atoms with Crippen molar-refractivity contribution in [3.05, 3.63) is 35.4 Å². The number of aryl methyl sites for hydroxylation is 1. The van der Waals surface area contributed by atoms with Crippen molar-refractivity contribution in [1.82, 2.24) is 0 Å². The summed E-state index contributed by atoms with van der Waals surface area (Å²) in [6, 6.07) is 8.79. The Labute approximate surface area is 117 Å². The smallest absolute Gasteiger partial charge is 0.326 e. The van der Waals surface area contributed by atoms with E-state index in [1.165, 1.54) is 0 Å². The van der Waals surface area contributed by atoms with Gasteiger partial charge in [-0.1, -0.05) is 31.2 Å². The fourth-order valence-electron chi connectivity index (χ4n) is 2.78. The van der Waals surface area contributed by atoms with E-state index in [2.05, 4.69) is 0 Å². The lowest BCUT2D eigenvalue weighted by Gasteiger charge is -2.03. The van der Waals surface area contributed by atoms with Crippen molar-refractivity contribution in [1.29, 1.82) is 5.26 Å². The van der Waals surface area contributed by atoms with Crippen LogP contribution in [0.5, 0.6) is 0 Å². The van der Waals surface area contributed by atoms with Crippen LogP contribution in [0, 0.1) is 16.7 Å². The number of nitriles is 1. The average molecular weight is 293 g/mol. The molecule has 1 N–H and O–H groups in total. The van der Waals surface area contributed by atoms with Gasteiger partial charge in [0, 0.05) is 12.2 Å². The molecule has 3 atom stereocenters. The number of sulfone groups is 1. The van der Waals surface area contributed by atoms with Gasteiger partial charge in [0.2, 0.25) is 0 Å². The van der Waals surface area contributed by atoms with Crippen LogP contribution in [0.25, 0.3) is 0 Å². The minimum absolute atomic E-state index is 0.585. The number of rotatable bonds is 4. The van der Waals surface area contributed by atoms with E-state index in [1.807, 2.05) is 19.1 Å². The third-order valence-electron chi connectivity index (χ3n) is 3.88. The molecule has 5 nitrogen and oxygen atoms in total. The maximum Gasteiger partial charge on any atom is 0.326 e. The molecule has 6 heteroatoms. The maximum atomic E-state index is 11.8. The third-order valence-corrected chi connectivity index (χ3v) is 5.45. The van der Waals surface area contributed by atoms with E-state index in [9.17, 15) is 23.6 Å². The number of nitrogens with zero attached hydrogens (tertiary/aromatic N) is 1. The Morgan fingerprint density at radius 2 is 1.95 bits per heavy atom. The number of hydrogen-bond acceptors (Lipinski definition) is 4. The van der Waals surface area contributed by atoms with Crippen LogP contribution < -0.4 is 0 Å². The molecule has 1 aromatic carbocycles. The van der Waals surface area contributed by atoms with E-state index in [0.29, 0.717) is 5.56 Å². The molecule has 0 aromatic heterocycles. The summed E-state index contributed by atoms with van der Waals surface area (Å²) < 4.78 is 23.5. The van der Waals surface area contributed by atoms with Crippen LogP contribution in [-0.4, -0.2) is 31.0 Å². The Morgan fingerprint density at radius 1 is 1.40 bits per heavy atom. The molecular formula is C14H15NO4S. The normalized spacial score (nSPS) is 28.6. The average Bonchev–Trinajstić information content (AvgIpc) is 3.09. The van der Waals surface area contributed by atoms with Gasteiger partial charge < -0.3 is 5.11 Å². The second kappa shape index (κ2) is 4.60. The number of hydrogen-bond donors (Lipinski definition) is 1. The Balaban J connectivity index is 2.49. The van der Waals surface area contributed by atoms with Gasteiger partial charge in [-0.3, -0.25) is 4.79 Å². The van der Waals surface area contributed by atoms with Gasteiger partial charge in [-0.15, -0.1) is 0 Å². The van der Waals surface area contributed by atoms with E-state index in [0.717, 1.165) is 18.2 Å². The van der Waals surface area contributed by atoms with E-state index in [1.54, 1.807) is 18.2 Å². The number of carboxylic acid groups (broad SMARTS) is 1. The first-order valence-corrected chi connectivity index (χ1v) is 8.16. The van der Waals surface area contributed by atoms with E-state index in [-0.39, 0.29) is 0 Å². The minimum Gasteiger partial charge on any atom is -0.480 e. The summed E-state index contributed by atoms with van der Waals surface area (Å²) in [4.78, 5) is 11.4. The summed E-state index contributed by atoms with van der Waals surface area (Å²) in [6.07, 6.45) is 1.82. The standard InChI is InChI=1S/C14H15NO4S/c1-3-9-4-6-10(7-5-9)11-12(20(2,18)19)14(11,8-15)13(16)17/h4-7,11-12H,3H2,1-2H3,(H,16,17)/t11-,12-,14-/m1/s1. The Kier molecular flexibility index (Phi) is 3.34. The number of carbonyl (C=O) groups is 1. The number of benzene rings is 1. The highest BCUT2D eigenvalue weighted by atomic mass is 32.2. The van der Waals surface area contributed by atoms with Crippen molar-refractivity contribution in [2.45, 2.75) is 24.5 Å². The van der Waals surface area contributed by atoms with Crippen molar-refractivity contribution in [2.24, 2.45) is 5.41 Å². The van der Waals surface area contributed by atoms with Gasteiger partial charge in [0.15, 0.2) is 15.3 Å². The first-order valence-electron chi connectivity index (χ1n) is 6.21. The summed E-state index contributed by atoms with van der Waals surface area (Å²) in [5, 5.41) is 17.3. The zero-order valence-corrected chi connectivity index (χ0v) is 12.0. The van der Waals surface area contributed by atoms with Crippen molar-refractivity contribution < 1.29 is 18.3 Å². The lowest BCUT2D eigenvalue weighted by molar-refractivity contribution is -0.141. The molecule has 0 bridgehead atoms. The van der Waals surface area contributed by atoms with Gasteiger partial charge in [0.25, 0.3) is 0 Å². The zero-order valence-electron chi connectivity index (χ0n) is 11.2. The quantitative estimate of drug-likeness (QED) is 0.904. The predicted molar refractivity (Wildman–Crippen MR) is 72.9 cm³/mol. The van der Waals surface area contributed by atoms with Crippen LogP contribution in [0.1, 0.15) is 24.0 Å². The number of carboxylic acids is 1. The molecule has 1 fully saturated rings. The van der Waals surface area contributed by atoms with Gasteiger partial charge in [0.1, 0.15) is 5.25 Å². The van der Waals surface area contributed by atoms with Crippen LogP contribution in [0.4, 0.5) is 0 Å². The zero-order chi connectivity index (χ0) is 15.1. The predicted octanol–water partition coefficient (Wildman–Crippen LogP) is 1.35. The number of aliphatic carboxylic acids is 1. The molecule has 1 aromatic rings. The molecule has 1 aliphatic rings. The molecule has 1 aliphatic carbocycles. The van der Waals surface area contributed by atoms with E-state index in [4.69, 9.17) is 0 Å². The van der Waals surface area contributed by atoms with Gasteiger partial charge >= 0.3 is 5.97 Å². The highest BCUT2D eigenvalue weighted by Crippen LogP contribution is 2.62. The molecule has 0 radical (unpaired) electrons. The fourth-order valence-corrected chi connectivity index (χ4v) is 4.54. The Hall–Kier alpha value is -1.87.